The van der Waals surface area contributed by atoms with Gasteiger partial charge in [-0.05, 0) is 0 Å². The van der Waals surface area contributed by atoms with Crippen LogP contribution in [0, 0.1) is 0 Å². The van der Waals surface area contributed by atoms with Gasteiger partial charge in [0.05, 0.1) is 0 Å². The van der Waals surface area contributed by atoms with E-state index in [0.717, 1.165) is 20.8 Å². The van der Waals surface area contributed by atoms with Gasteiger partial charge in [-0.1, -0.05) is 0 Å². The quantitative estimate of drug-likeness (QED) is 0.256. The van der Waals surface area contributed by atoms with Gasteiger partial charge in [-0.25, -0.2) is 4.18 Å². The highest BCUT2D eigenvalue weighted by atomic mass is 32.2. The van der Waals surface area contributed by atoms with E-state index in [-0.39, 0.29) is 0 Å². The van der Waals surface area contributed by atoms with Gasteiger partial charge in [0, 0.05) is 20.8 Å². The fraction of sp³-hybridized carbons (Fsp3) is 0.750. The van der Waals surface area contributed by atoms with Gasteiger partial charge in [0.2, 0.25) is 6.29 Å². The first-order valence-electron chi connectivity index (χ1n) is 6.87. The van der Waals surface area contributed by atoms with E-state index in [9.17, 15) is 36.0 Å². The number of hydrogen-bond donors (Lipinski definition) is 0. The number of carbonyl (C=O) groups is 3. The van der Waals surface area contributed by atoms with E-state index in [0.29, 0.717) is 0 Å². The van der Waals surface area contributed by atoms with Crippen molar-refractivity contribution in [3.63, 3.8) is 0 Å². The third-order valence-corrected chi connectivity index (χ3v) is 3.87. The first kappa shape index (κ1) is 22.1. The zero-order valence-corrected chi connectivity index (χ0v) is 14.5. The molecular formula is C12H15F3O10S. The van der Waals surface area contributed by atoms with E-state index in [1.54, 1.807) is 0 Å². The van der Waals surface area contributed by atoms with Gasteiger partial charge in [0.25, 0.3) is 0 Å². The van der Waals surface area contributed by atoms with Gasteiger partial charge in [-0.15, -0.1) is 0 Å². The minimum atomic E-state index is -6.14. The maximum Gasteiger partial charge on any atom is 0.523 e. The van der Waals surface area contributed by atoms with E-state index < -0.39 is 64.7 Å². The Morgan fingerprint density at radius 1 is 0.962 bits per heavy atom. The van der Waals surface area contributed by atoms with Crippen LogP contribution in [0.1, 0.15) is 20.8 Å². The molecule has 0 saturated carbocycles. The molecule has 1 saturated heterocycles. The number of carbonyl (C=O) groups excluding carboxylic acids is 3. The summed E-state index contributed by atoms with van der Waals surface area (Å²) < 4.78 is 83.3. The van der Waals surface area contributed by atoms with E-state index in [4.69, 9.17) is 9.47 Å². The monoisotopic (exact) mass is 408 g/mol. The van der Waals surface area contributed by atoms with Crippen molar-refractivity contribution in [2.45, 2.75) is 50.9 Å². The molecule has 26 heavy (non-hydrogen) atoms. The summed E-state index contributed by atoms with van der Waals surface area (Å²) >= 11 is 0. The highest BCUT2D eigenvalue weighted by Gasteiger charge is 2.57. The Labute approximate surface area is 145 Å². The van der Waals surface area contributed by atoms with Crippen molar-refractivity contribution in [2.75, 3.05) is 6.61 Å². The number of hydrogen-bond acceptors (Lipinski definition) is 10. The molecule has 1 heterocycles. The Hall–Kier alpha value is -1.93. The van der Waals surface area contributed by atoms with Crippen LogP contribution < -0.4 is 0 Å². The lowest BCUT2D eigenvalue weighted by Crippen LogP contribution is -2.44. The van der Waals surface area contributed by atoms with E-state index >= 15 is 0 Å². The van der Waals surface area contributed by atoms with Gasteiger partial charge in [0.1, 0.15) is 12.7 Å². The second kappa shape index (κ2) is 8.18. The normalized spacial score (nSPS) is 26.2. The van der Waals surface area contributed by atoms with Gasteiger partial charge in [-0.3, -0.25) is 14.4 Å². The molecule has 0 N–H and O–H groups in total. The lowest BCUT2D eigenvalue weighted by molar-refractivity contribution is -0.188. The van der Waals surface area contributed by atoms with E-state index in [1.165, 1.54) is 0 Å². The summed E-state index contributed by atoms with van der Waals surface area (Å²) in [6.07, 6.45) is -7.35. The van der Waals surface area contributed by atoms with Crippen LogP contribution in [0.25, 0.3) is 0 Å². The molecule has 1 aliphatic heterocycles. The molecule has 10 nitrogen and oxygen atoms in total. The number of rotatable bonds is 6. The Morgan fingerprint density at radius 2 is 1.50 bits per heavy atom. The summed E-state index contributed by atoms with van der Waals surface area (Å²) in [5.41, 5.74) is -5.79. The molecular weight excluding hydrogens is 393 g/mol. The van der Waals surface area contributed by atoms with Gasteiger partial charge < -0.3 is 18.9 Å². The molecule has 14 heteroatoms. The van der Waals surface area contributed by atoms with E-state index in [1.807, 2.05) is 0 Å². The molecule has 0 aromatic rings. The molecule has 0 amide bonds. The molecule has 1 rings (SSSR count). The first-order chi connectivity index (χ1) is 11.7. The molecule has 150 valence electrons. The fourth-order valence-corrected chi connectivity index (χ4v) is 2.52. The minimum absolute atomic E-state index is 0.628. The summed E-state index contributed by atoms with van der Waals surface area (Å²) in [4.78, 5) is 33.2. The second-order valence-corrected chi connectivity index (χ2v) is 6.55. The number of esters is 3. The largest absolute Gasteiger partial charge is 0.523 e. The third kappa shape index (κ3) is 5.81. The molecule has 1 fully saturated rings. The third-order valence-electron chi connectivity index (χ3n) is 2.82. The summed E-state index contributed by atoms with van der Waals surface area (Å²) in [6, 6.07) is 0. The molecule has 0 aromatic heterocycles. The molecule has 0 aliphatic carbocycles. The van der Waals surface area contributed by atoms with Crippen molar-refractivity contribution < 1.29 is 59.1 Å². The van der Waals surface area contributed by atoms with Crippen molar-refractivity contribution >= 4 is 28.0 Å². The number of halogens is 3. The lowest BCUT2D eigenvalue weighted by atomic mass is 10.1. The van der Waals surface area contributed by atoms with Gasteiger partial charge >= 0.3 is 33.5 Å². The van der Waals surface area contributed by atoms with Crippen molar-refractivity contribution in [2.24, 2.45) is 0 Å². The summed E-state index contributed by atoms with van der Waals surface area (Å²) in [5, 5.41) is 0. The Balaban J connectivity index is 3.18. The van der Waals surface area contributed by atoms with Gasteiger partial charge in [0.15, 0.2) is 12.2 Å². The number of ether oxygens (including phenoxy) is 4. The predicted molar refractivity (Wildman–Crippen MR) is 72.5 cm³/mol. The van der Waals surface area contributed by atoms with Crippen molar-refractivity contribution in [1.29, 1.82) is 0 Å². The van der Waals surface area contributed by atoms with Crippen LogP contribution in [0.15, 0.2) is 0 Å². The Kier molecular flexibility index (Phi) is 6.95. The summed E-state index contributed by atoms with van der Waals surface area (Å²) in [5.74, 6) is -2.86. The molecule has 0 radical (unpaired) electrons. The van der Waals surface area contributed by atoms with Crippen LogP contribution in [0.3, 0.4) is 0 Å². The fourth-order valence-electron chi connectivity index (χ4n) is 1.92. The number of alkyl halides is 3. The van der Waals surface area contributed by atoms with Crippen LogP contribution in [0.2, 0.25) is 0 Å². The maximum absolute atomic E-state index is 12.6. The Bertz CT molecular complexity index is 659. The molecule has 0 bridgehead atoms. The van der Waals surface area contributed by atoms with Gasteiger partial charge in [-0.2, -0.15) is 21.6 Å². The SMILES string of the molecule is CC(=O)OC[C@H]1O[C@@H](OC(C)=O)[C@H](OS(=O)(=O)C(F)(F)F)[C@@H]1OC(C)=O. The van der Waals surface area contributed by atoms with Crippen LogP contribution in [-0.2, 0) is 47.6 Å². The highest BCUT2D eigenvalue weighted by Crippen LogP contribution is 2.33. The van der Waals surface area contributed by atoms with E-state index in [2.05, 4.69) is 13.7 Å². The lowest BCUT2D eigenvalue weighted by Gasteiger charge is -2.23. The van der Waals surface area contributed by atoms with Crippen LogP contribution >= 0.6 is 0 Å². The Morgan fingerprint density at radius 3 is 1.92 bits per heavy atom. The first-order valence-corrected chi connectivity index (χ1v) is 8.28. The smallest absolute Gasteiger partial charge is 0.463 e. The van der Waals surface area contributed by atoms with Crippen LogP contribution in [0.5, 0.6) is 0 Å². The average Bonchev–Trinajstić information content (AvgIpc) is 2.71. The summed E-state index contributed by atoms with van der Waals surface area (Å²) in [6.45, 7) is 2.15. The molecule has 1 aliphatic rings. The molecule has 0 spiro atoms. The molecule has 0 unspecified atom stereocenters. The second-order valence-electron chi connectivity index (χ2n) is 4.99. The van der Waals surface area contributed by atoms with Crippen molar-refractivity contribution in [3.8, 4) is 0 Å². The zero-order chi connectivity index (χ0) is 20.3. The van der Waals surface area contributed by atoms with Crippen molar-refractivity contribution in [3.05, 3.63) is 0 Å². The molecule has 4 atom stereocenters. The standard InChI is InChI=1S/C12H15F3O10S/c1-5(16)21-4-8-9(22-6(2)17)10(11(24-8)23-7(3)18)25-26(19,20)12(13,14)15/h8-11H,4H2,1-3H3/t8-,9-,10-,11-/m1/s1. The maximum atomic E-state index is 12.6. The average molecular weight is 408 g/mol. The minimum Gasteiger partial charge on any atom is -0.463 e. The summed E-state index contributed by atoms with van der Waals surface area (Å²) in [7, 11) is -6.14. The van der Waals surface area contributed by atoms with Crippen molar-refractivity contribution in [1.82, 2.24) is 0 Å². The van der Waals surface area contributed by atoms with Crippen LogP contribution in [0.4, 0.5) is 13.2 Å². The molecule has 0 aromatic carbocycles. The zero-order valence-electron chi connectivity index (χ0n) is 13.6. The highest BCUT2D eigenvalue weighted by molar-refractivity contribution is 7.87. The van der Waals surface area contributed by atoms with Crippen LogP contribution in [-0.4, -0.2) is 63.0 Å². The predicted octanol–water partition coefficient (Wildman–Crippen LogP) is 0.00400. The topological polar surface area (TPSA) is 132 Å².